The van der Waals surface area contributed by atoms with Gasteiger partial charge in [0.2, 0.25) is 0 Å². The Morgan fingerprint density at radius 1 is 1.04 bits per heavy atom. The maximum absolute atomic E-state index is 12.5. The number of benzene rings is 1. The average Bonchev–Trinajstić information content (AvgIpc) is 2.97. The highest BCUT2D eigenvalue weighted by Crippen LogP contribution is 2.13. The van der Waals surface area contributed by atoms with Gasteiger partial charge in [-0.2, -0.15) is 0 Å². The van der Waals surface area contributed by atoms with Crippen LogP contribution in [0.5, 0.6) is 0 Å². The van der Waals surface area contributed by atoms with Gasteiger partial charge in [-0.1, -0.05) is 25.4 Å². The van der Waals surface area contributed by atoms with E-state index in [0.29, 0.717) is 34.1 Å². The number of hydrogen-bond acceptors (Lipinski definition) is 4. The Morgan fingerprint density at radius 3 is 2.21 bits per heavy atom. The van der Waals surface area contributed by atoms with Crippen molar-refractivity contribution in [1.82, 2.24) is 16.2 Å². The quantitative estimate of drug-likeness (QED) is 0.642. The molecule has 0 aliphatic rings. The van der Waals surface area contributed by atoms with E-state index in [1.54, 1.807) is 44.2 Å². The number of hydrazine groups is 1. The van der Waals surface area contributed by atoms with E-state index in [-0.39, 0.29) is 5.92 Å². The predicted molar refractivity (Wildman–Crippen MR) is 106 cm³/mol. The van der Waals surface area contributed by atoms with E-state index in [2.05, 4.69) is 16.2 Å². The van der Waals surface area contributed by atoms with Gasteiger partial charge in [-0.25, -0.2) is 0 Å². The zero-order valence-corrected chi connectivity index (χ0v) is 17.0. The summed E-state index contributed by atoms with van der Waals surface area (Å²) < 4.78 is 5.31. The van der Waals surface area contributed by atoms with Gasteiger partial charge in [-0.15, -0.1) is 0 Å². The lowest BCUT2D eigenvalue weighted by Crippen LogP contribution is -2.52. The molecule has 7 nitrogen and oxygen atoms in total. The summed E-state index contributed by atoms with van der Waals surface area (Å²) in [6.07, 6.45) is 0.408. The van der Waals surface area contributed by atoms with Crippen LogP contribution < -0.4 is 16.2 Å². The van der Waals surface area contributed by atoms with Crippen LogP contribution in [0.1, 0.15) is 52.5 Å². The second kappa shape index (κ2) is 9.41. The van der Waals surface area contributed by atoms with E-state index < -0.39 is 23.8 Å². The van der Waals surface area contributed by atoms with E-state index >= 15 is 0 Å². The van der Waals surface area contributed by atoms with Crippen molar-refractivity contribution in [3.8, 4) is 0 Å². The molecule has 0 fully saturated rings. The number of aryl methyl sites for hydroxylation is 2. The number of nitrogens with one attached hydrogen (secondary N) is 3. The topological polar surface area (TPSA) is 100 Å². The first kappa shape index (κ1) is 21.5. The highest BCUT2D eigenvalue weighted by molar-refractivity contribution is 6.30. The first-order valence-electron chi connectivity index (χ1n) is 8.91. The van der Waals surface area contributed by atoms with Gasteiger partial charge in [0.25, 0.3) is 17.7 Å². The summed E-state index contributed by atoms with van der Waals surface area (Å²) in [6.45, 7) is 7.26. The fourth-order valence-electron chi connectivity index (χ4n) is 2.67. The molecule has 28 heavy (non-hydrogen) atoms. The normalized spacial score (nSPS) is 11.8. The van der Waals surface area contributed by atoms with Crippen molar-refractivity contribution in [2.24, 2.45) is 5.92 Å². The van der Waals surface area contributed by atoms with Crippen LogP contribution in [0.2, 0.25) is 5.02 Å². The number of amides is 3. The average molecular weight is 406 g/mol. The summed E-state index contributed by atoms with van der Waals surface area (Å²) in [7, 11) is 0. The molecule has 2 rings (SSSR count). The third-order valence-electron chi connectivity index (χ3n) is 4.02. The molecule has 1 aromatic carbocycles. The Bertz CT molecular complexity index is 859. The van der Waals surface area contributed by atoms with Crippen LogP contribution >= 0.6 is 11.6 Å². The minimum Gasteiger partial charge on any atom is -0.466 e. The lowest BCUT2D eigenvalue weighted by Gasteiger charge is -2.20. The van der Waals surface area contributed by atoms with Gasteiger partial charge in [-0.3, -0.25) is 25.2 Å². The van der Waals surface area contributed by atoms with Crippen molar-refractivity contribution in [2.75, 3.05) is 0 Å². The molecule has 1 atom stereocenters. The third-order valence-corrected chi connectivity index (χ3v) is 4.27. The maximum atomic E-state index is 12.5. The molecule has 0 spiro atoms. The fraction of sp³-hybridized carbons (Fsp3) is 0.350. The van der Waals surface area contributed by atoms with Crippen molar-refractivity contribution < 1.29 is 18.8 Å². The molecule has 0 saturated heterocycles. The van der Waals surface area contributed by atoms with Crippen molar-refractivity contribution in [3.63, 3.8) is 0 Å². The standard InChI is InChI=1S/C20H24ClN3O4/c1-11(2)9-17(22-18(25)14-5-7-15(21)8-6-14)20(27)24-23-19(26)16-10-12(3)28-13(16)4/h5-8,10-11,17H,9H2,1-4H3,(H,22,25)(H,23,26)(H,24,27)/t17-/m0/s1. The second-order valence-electron chi connectivity index (χ2n) is 6.93. The van der Waals surface area contributed by atoms with E-state index in [0.717, 1.165) is 0 Å². The zero-order chi connectivity index (χ0) is 20.8. The number of furan rings is 1. The van der Waals surface area contributed by atoms with Crippen molar-refractivity contribution in [1.29, 1.82) is 0 Å². The molecule has 0 bridgehead atoms. The molecule has 150 valence electrons. The second-order valence-corrected chi connectivity index (χ2v) is 7.37. The molecular weight excluding hydrogens is 382 g/mol. The smallest absolute Gasteiger partial charge is 0.273 e. The molecule has 0 unspecified atom stereocenters. The monoisotopic (exact) mass is 405 g/mol. The molecule has 3 N–H and O–H groups in total. The van der Waals surface area contributed by atoms with Gasteiger partial charge in [0.15, 0.2) is 0 Å². The maximum Gasteiger partial charge on any atom is 0.273 e. The van der Waals surface area contributed by atoms with Crippen LogP contribution in [0.15, 0.2) is 34.7 Å². The van der Waals surface area contributed by atoms with E-state index in [4.69, 9.17) is 16.0 Å². The van der Waals surface area contributed by atoms with Crippen LogP contribution in [0.4, 0.5) is 0 Å². The van der Waals surface area contributed by atoms with Crippen molar-refractivity contribution in [3.05, 3.63) is 58.0 Å². The Balaban J connectivity index is 2.02. The number of hydrogen-bond donors (Lipinski definition) is 3. The van der Waals surface area contributed by atoms with Gasteiger partial charge in [0.1, 0.15) is 17.6 Å². The number of halogens is 1. The molecule has 0 radical (unpaired) electrons. The predicted octanol–water partition coefficient (Wildman–Crippen LogP) is 3.16. The molecule has 2 aromatic rings. The van der Waals surface area contributed by atoms with Crippen LogP contribution in [0.25, 0.3) is 0 Å². The van der Waals surface area contributed by atoms with Gasteiger partial charge in [0, 0.05) is 10.6 Å². The Morgan fingerprint density at radius 2 is 1.68 bits per heavy atom. The number of carbonyl (C=O) groups excluding carboxylic acids is 3. The Kier molecular flexibility index (Phi) is 7.23. The molecular formula is C20H24ClN3O4. The van der Waals surface area contributed by atoms with Gasteiger partial charge >= 0.3 is 0 Å². The summed E-state index contributed by atoms with van der Waals surface area (Å²) in [6, 6.07) is 7.13. The van der Waals surface area contributed by atoms with Crippen molar-refractivity contribution in [2.45, 2.75) is 40.2 Å². The highest BCUT2D eigenvalue weighted by atomic mass is 35.5. The first-order valence-corrected chi connectivity index (χ1v) is 9.28. The fourth-order valence-corrected chi connectivity index (χ4v) is 2.80. The van der Waals surface area contributed by atoms with Crippen molar-refractivity contribution >= 4 is 29.3 Å². The summed E-state index contributed by atoms with van der Waals surface area (Å²) in [5.74, 6) is -0.195. The summed E-state index contributed by atoms with van der Waals surface area (Å²) >= 11 is 5.83. The van der Waals surface area contributed by atoms with Crippen LogP contribution in [0, 0.1) is 19.8 Å². The molecule has 1 heterocycles. The van der Waals surface area contributed by atoms with E-state index in [1.165, 1.54) is 0 Å². The molecule has 8 heteroatoms. The molecule has 1 aromatic heterocycles. The summed E-state index contributed by atoms with van der Waals surface area (Å²) in [5.41, 5.74) is 5.46. The lowest BCUT2D eigenvalue weighted by atomic mass is 10.0. The SMILES string of the molecule is Cc1cc(C(=O)NNC(=O)[C@H](CC(C)C)NC(=O)c2ccc(Cl)cc2)c(C)o1. The first-order chi connectivity index (χ1) is 13.2. The third kappa shape index (κ3) is 5.85. The van der Waals surface area contributed by atoms with E-state index in [1.807, 2.05) is 13.8 Å². The zero-order valence-electron chi connectivity index (χ0n) is 16.3. The minimum atomic E-state index is -0.810. The van der Waals surface area contributed by atoms with E-state index in [9.17, 15) is 14.4 Å². The van der Waals surface area contributed by atoms with Crippen LogP contribution in [-0.2, 0) is 4.79 Å². The van der Waals surface area contributed by atoms with Crippen LogP contribution in [-0.4, -0.2) is 23.8 Å². The summed E-state index contributed by atoms with van der Waals surface area (Å²) in [4.78, 5) is 37.2. The molecule has 0 saturated carbocycles. The largest absolute Gasteiger partial charge is 0.466 e. The Labute approximate surface area is 168 Å². The minimum absolute atomic E-state index is 0.149. The molecule has 3 amide bonds. The molecule has 0 aliphatic carbocycles. The molecule has 0 aliphatic heterocycles. The van der Waals surface area contributed by atoms with Gasteiger partial charge in [-0.05, 0) is 56.5 Å². The number of rotatable bonds is 6. The summed E-state index contributed by atoms with van der Waals surface area (Å²) in [5, 5.41) is 3.21. The van der Waals surface area contributed by atoms with Crippen LogP contribution in [0.3, 0.4) is 0 Å². The number of carbonyl (C=O) groups is 3. The highest BCUT2D eigenvalue weighted by Gasteiger charge is 2.23. The van der Waals surface area contributed by atoms with Gasteiger partial charge in [0.05, 0.1) is 5.56 Å². The Hall–Kier alpha value is -2.80. The van der Waals surface area contributed by atoms with Gasteiger partial charge < -0.3 is 9.73 Å². The lowest BCUT2D eigenvalue weighted by molar-refractivity contribution is -0.124.